The van der Waals surface area contributed by atoms with Crippen LogP contribution in [0.3, 0.4) is 0 Å². The molecule has 4 N–H and O–H groups in total. The summed E-state index contributed by atoms with van der Waals surface area (Å²) in [6.45, 7) is 1.44. The molecule has 9 nitrogen and oxygen atoms in total. The first-order valence-electron chi connectivity index (χ1n) is 9.90. The number of ether oxygens (including phenoxy) is 1. The van der Waals surface area contributed by atoms with Gasteiger partial charge >= 0.3 is 5.97 Å². The normalized spacial score (nSPS) is 12.3. The molecule has 4 rings (SSSR count). The van der Waals surface area contributed by atoms with E-state index in [1.165, 1.54) is 31.2 Å². The van der Waals surface area contributed by atoms with E-state index < -0.39 is 28.0 Å². The molecule has 0 fully saturated rings. The van der Waals surface area contributed by atoms with E-state index in [9.17, 15) is 18.0 Å². The van der Waals surface area contributed by atoms with Gasteiger partial charge < -0.3 is 15.0 Å². The molecule has 0 saturated heterocycles. The predicted molar refractivity (Wildman–Crippen MR) is 123 cm³/mol. The average Bonchev–Trinajstić information content (AvgIpc) is 3.23. The molecular weight excluding hydrogens is 444 g/mol. The van der Waals surface area contributed by atoms with E-state index in [1.54, 1.807) is 18.2 Å². The molecular formula is C23H20N4O5S. The van der Waals surface area contributed by atoms with Crippen LogP contribution in [0.5, 0.6) is 0 Å². The van der Waals surface area contributed by atoms with Gasteiger partial charge in [-0.15, -0.1) is 0 Å². The number of sulfonamides is 1. The Morgan fingerprint density at radius 2 is 1.73 bits per heavy atom. The molecule has 1 amide bonds. The summed E-state index contributed by atoms with van der Waals surface area (Å²) in [7, 11) is -3.83. The number of aromatic amines is 1. The maximum atomic E-state index is 12.6. The van der Waals surface area contributed by atoms with Gasteiger partial charge in [-0.05, 0) is 49.4 Å². The summed E-state index contributed by atoms with van der Waals surface area (Å²) in [6.07, 6.45) is -1.09. The number of imidazole rings is 1. The Balaban J connectivity index is 1.43. The number of esters is 1. The van der Waals surface area contributed by atoms with Gasteiger partial charge in [-0.2, -0.15) is 0 Å². The summed E-state index contributed by atoms with van der Waals surface area (Å²) in [6, 6.07) is 19.8. The lowest BCUT2D eigenvalue weighted by Crippen LogP contribution is -2.30. The Morgan fingerprint density at radius 3 is 2.39 bits per heavy atom. The number of anilines is 1. The van der Waals surface area contributed by atoms with Gasteiger partial charge in [0, 0.05) is 11.3 Å². The second-order valence-corrected chi connectivity index (χ2v) is 8.85. The summed E-state index contributed by atoms with van der Waals surface area (Å²) >= 11 is 0. The van der Waals surface area contributed by atoms with Gasteiger partial charge in [0.05, 0.1) is 21.5 Å². The second kappa shape index (κ2) is 8.85. The molecule has 0 spiro atoms. The lowest BCUT2D eigenvalue weighted by atomic mass is 10.2. The van der Waals surface area contributed by atoms with Crippen molar-refractivity contribution in [3.8, 4) is 11.4 Å². The second-order valence-electron chi connectivity index (χ2n) is 7.29. The van der Waals surface area contributed by atoms with Crippen LogP contribution in [0.4, 0.5) is 5.69 Å². The molecule has 0 bridgehead atoms. The fourth-order valence-electron chi connectivity index (χ4n) is 3.12. The van der Waals surface area contributed by atoms with E-state index in [2.05, 4.69) is 15.3 Å². The first-order chi connectivity index (χ1) is 15.7. The van der Waals surface area contributed by atoms with Crippen LogP contribution in [0.15, 0.2) is 77.7 Å². The molecule has 0 aliphatic rings. The third kappa shape index (κ3) is 5.08. The first-order valence-corrected chi connectivity index (χ1v) is 11.5. The standard InChI is InChI=1S/C23H20N4O5S/c1-14(22(28)25-17-8-10-18(11-9-17)33(24,30)31)32-23(29)16-7-12-19-20(13-16)27-21(26-19)15-5-3-2-4-6-15/h2-14H,1H3,(H,25,28)(H,26,27)(H2,24,30,31). The van der Waals surface area contributed by atoms with Crippen molar-refractivity contribution in [3.63, 3.8) is 0 Å². The maximum Gasteiger partial charge on any atom is 0.338 e. The van der Waals surface area contributed by atoms with Crippen molar-refractivity contribution in [2.75, 3.05) is 5.32 Å². The first kappa shape index (κ1) is 22.2. The number of hydrogen-bond acceptors (Lipinski definition) is 6. The number of nitrogens with zero attached hydrogens (tertiary/aromatic N) is 1. The molecule has 3 aromatic carbocycles. The largest absolute Gasteiger partial charge is 0.449 e. The fraction of sp³-hybridized carbons (Fsp3) is 0.0870. The fourth-order valence-corrected chi connectivity index (χ4v) is 3.64. The van der Waals surface area contributed by atoms with E-state index in [0.717, 1.165) is 5.56 Å². The van der Waals surface area contributed by atoms with Gasteiger partial charge in [-0.1, -0.05) is 30.3 Å². The lowest BCUT2D eigenvalue weighted by Gasteiger charge is -2.13. The smallest absolute Gasteiger partial charge is 0.338 e. The zero-order valence-electron chi connectivity index (χ0n) is 17.5. The van der Waals surface area contributed by atoms with E-state index in [-0.39, 0.29) is 10.5 Å². The van der Waals surface area contributed by atoms with Gasteiger partial charge in [0.15, 0.2) is 6.10 Å². The van der Waals surface area contributed by atoms with Crippen LogP contribution in [0, 0.1) is 0 Å². The van der Waals surface area contributed by atoms with Crippen LogP contribution in [-0.2, 0) is 19.6 Å². The zero-order chi connectivity index (χ0) is 23.6. The number of nitrogens with two attached hydrogens (primary N) is 1. The Morgan fingerprint density at radius 1 is 1.03 bits per heavy atom. The quantitative estimate of drug-likeness (QED) is 0.374. The van der Waals surface area contributed by atoms with Crippen molar-refractivity contribution < 1.29 is 22.7 Å². The van der Waals surface area contributed by atoms with Crippen molar-refractivity contribution in [1.82, 2.24) is 9.97 Å². The highest BCUT2D eigenvalue weighted by Gasteiger charge is 2.20. The molecule has 33 heavy (non-hydrogen) atoms. The van der Waals surface area contributed by atoms with Gasteiger partial charge in [0.2, 0.25) is 10.0 Å². The van der Waals surface area contributed by atoms with Crippen LogP contribution >= 0.6 is 0 Å². The van der Waals surface area contributed by atoms with Crippen LogP contribution in [0.25, 0.3) is 22.4 Å². The van der Waals surface area contributed by atoms with Gasteiger partial charge in [-0.3, -0.25) is 4.79 Å². The van der Waals surface area contributed by atoms with E-state index in [4.69, 9.17) is 9.88 Å². The molecule has 0 aliphatic carbocycles. The average molecular weight is 465 g/mol. The Hall–Kier alpha value is -4.02. The minimum absolute atomic E-state index is 0.0791. The summed E-state index contributed by atoms with van der Waals surface area (Å²) in [5.41, 5.74) is 2.88. The number of aromatic nitrogens is 2. The summed E-state index contributed by atoms with van der Waals surface area (Å²) in [5.74, 6) is -0.557. The number of fused-ring (bicyclic) bond motifs is 1. The molecule has 1 atom stereocenters. The minimum Gasteiger partial charge on any atom is -0.449 e. The number of benzene rings is 3. The van der Waals surface area contributed by atoms with E-state index in [0.29, 0.717) is 22.5 Å². The van der Waals surface area contributed by atoms with E-state index in [1.807, 2.05) is 30.3 Å². The van der Waals surface area contributed by atoms with Gasteiger partial charge in [0.25, 0.3) is 5.91 Å². The maximum absolute atomic E-state index is 12.6. The van der Waals surface area contributed by atoms with Crippen molar-refractivity contribution in [1.29, 1.82) is 0 Å². The summed E-state index contributed by atoms with van der Waals surface area (Å²) in [5, 5.41) is 7.61. The molecule has 0 aliphatic heterocycles. The predicted octanol–water partition coefficient (Wildman–Crippen LogP) is 3.06. The molecule has 0 radical (unpaired) electrons. The molecule has 1 heterocycles. The zero-order valence-corrected chi connectivity index (χ0v) is 18.3. The monoisotopic (exact) mass is 464 g/mol. The highest BCUT2D eigenvalue weighted by molar-refractivity contribution is 7.89. The topological polar surface area (TPSA) is 144 Å². The van der Waals surface area contributed by atoms with Gasteiger partial charge in [0.1, 0.15) is 5.82 Å². The summed E-state index contributed by atoms with van der Waals surface area (Å²) in [4.78, 5) is 32.6. The molecule has 168 valence electrons. The van der Waals surface area contributed by atoms with E-state index >= 15 is 0 Å². The van der Waals surface area contributed by atoms with Crippen LogP contribution in [0.1, 0.15) is 17.3 Å². The Kier molecular flexibility index (Phi) is 5.95. The minimum atomic E-state index is -3.83. The molecule has 0 saturated carbocycles. The number of primary sulfonamides is 1. The number of H-pyrrole nitrogens is 1. The Bertz CT molecular complexity index is 1430. The van der Waals surface area contributed by atoms with Crippen LogP contribution in [-0.4, -0.2) is 36.4 Å². The molecule has 1 unspecified atom stereocenters. The molecule has 4 aromatic rings. The third-order valence-corrected chi connectivity index (χ3v) is 5.80. The molecule has 10 heteroatoms. The number of carbonyl (C=O) groups is 2. The van der Waals surface area contributed by atoms with Crippen molar-refractivity contribution >= 4 is 38.6 Å². The Labute approximate surface area is 189 Å². The SMILES string of the molecule is CC(OC(=O)c1ccc2nc(-c3ccccc3)[nH]c2c1)C(=O)Nc1ccc(S(N)(=O)=O)cc1. The van der Waals surface area contributed by atoms with Crippen molar-refractivity contribution in [2.24, 2.45) is 5.14 Å². The van der Waals surface area contributed by atoms with Crippen LogP contribution < -0.4 is 10.5 Å². The van der Waals surface area contributed by atoms with Crippen molar-refractivity contribution in [3.05, 3.63) is 78.4 Å². The third-order valence-electron chi connectivity index (χ3n) is 4.87. The number of amides is 1. The van der Waals surface area contributed by atoms with Crippen molar-refractivity contribution in [2.45, 2.75) is 17.9 Å². The van der Waals surface area contributed by atoms with Crippen LogP contribution in [0.2, 0.25) is 0 Å². The highest BCUT2D eigenvalue weighted by atomic mass is 32.2. The number of carbonyl (C=O) groups excluding carboxylic acids is 2. The number of hydrogen-bond donors (Lipinski definition) is 3. The van der Waals surface area contributed by atoms with Gasteiger partial charge in [-0.25, -0.2) is 23.3 Å². The lowest BCUT2D eigenvalue weighted by molar-refractivity contribution is -0.123. The summed E-state index contributed by atoms with van der Waals surface area (Å²) < 4.78 is 27.9. The highest BCUT2D eigenvalue weighted by Crippen LogP contribution is 2.22. The molecule has 1 aromatic heterocycles. The number of nitrogens with one attached hydrogen (secondary N) is 2. The number of rotatable bonds is 6.